The van der Waals surface area contributed by atoms with Crippen molar-refractivity contribution in [2.45, 2.75) is 31.8 Å². The first-order chi connectivity index (χ1) is 10.2. The highest BCUT2D eigenvalue weighted by Crippen LogP contribution is 2.28. The first-order valence-corrected chi connectivity index (χ1v) is 7.48. The zero-order valence-corrected chi connectivity index (χ0v) is 12.0. The summed E-state index contributed by atoms with van der Waals surface area (Å²) in [6.07, 6.45) is 3.28. The monoisotopic (exact) mass is 284 g/mol. The van der Waals surface area contributed by atoms with Crippen molar-refractivity contribution in [3.05, 3.63) is 29.3 Å². The van der Waals surface area contributed by atoms with Gasteiger partial charge in [0.2, 0.25) is 5.91 Å². The lowest BCUT2D eigenvalue weighted by Crippen LogP contribution is -2.27. The third kappa shape index (κ3) is 3.17. The number of hydrogen-bond acceptors (Lipinski definition) is 4. The molecule has 3 N–H and O–H groups in total. The van der Waals surface area contributed by atoms with Crippen molar-refractivity contribution < 1.29 is 4.79 Å². The Hall–Kier alpha value is -2.06. The lowest BCUT2D eigenvalue weighted by Gasteiger charge is -2.20. The van der Waals surface area contributed by atoms with Crippen LogP contribution in [-0.2, 0) is 11.3 Å². The number of benzene rings is 1. The van der Waals surface area contributed by atoms with Gasteiger partial charge in [-0.15, -0.1) is 0 Å². The Kier molecular flexibility index (Phi) is 3.80. The van der Waals surface area contributed by atoms with Gasteiger partial charge in [0.25, 0.3) is 0 Å². The number of rotatable bonds is 5. The number of nitrogens with one attached hydrogen (secondary N) is 1. The third-order valence-corrected chi connectivity index (χ3v) is 4.28. The summed E-state index contributed by atoms with van der Waals surface area (Å²) in [5, 5.41) is 12.8. The quantitative estimate of drug-likeness (QED) is 0.849. The minimum Gasteiger partial charge on any atom is -0.370 e. The normalized spacial score (nSPS) is 21.3. The van der Waals surface area contributed by atoms with Gasteiger partial charge >= 0.3 is 0 Å². The molecule has 5 nitrogen and oxygen atoms in total. The second-order valence-corrected chi connectivity index (χ2v) is 5.95. The summed E-state index contributed by atoms with van der Waals surface area (Å²) in [7, 11) is 0. The molecule has 1 saturated heterocycles. The Bertz CT molecular complexity index is 588. The molecule has 0 bridgehead atoms. The maximum absolute atomic E-state index is 11.3. The van der Waals surface area contributed by atoms with Gasteiger partial charge < -0.3 is 16.0 Å². The van der Waals surface area contributed by atoms with E-state index in [1.54, 1.807) is 0 Å². The van der Waals surface area contributed by atoms with Crippen molar-refractivity contribution >= 4 is 11.6 Å². The molecule has 1 aromatic carbocycles. The Labute approximate surface area is 124 Å². The molecule has 110 valence electrons. The number of nitriles is 1. The van der Waals surface area contributed by atoms with E-state index in [0.717, 1.165) is 30.8 Å². The van der Waals surface area contributed by atoms with Crippen molar-refractivity contribution in [1.29, 1.82) is 5.26 Å². The summed E-state index contributed by atoms with van der Waals surface area (Å²) in [5.41, 5.74) is 8.09. The highest BCUT2D eigenvalue weighted by Gasteiger charge is 2.28. The maximum atomic E-state index is 11.3. The van der Waals surface area contributed by atoms with Gasteiger partial charge in [0.15, 0.2) is 0 Å². The molecule has 1 amide bonds. The second kappa shape index (κ2) is 5.74. The number of carbonyl (C=O) groups is 1. The van der Waals surface area contributed by atoms with Crippen molar-refractivity contribution in [3.8, 4) is 6.07 Å². The smallest absolute Gasteiger partial charge is 0.222 e. The number of anilines is 1. The minimum absolute atomic E-state index is 0.104. The van der Waals surface area contributed by atoms with Crippen LogP contribution in [0.5, 0.6) is 0 Å². The molecule has 0 radical (unpaired) electrons. The predicted octanol–water partition coefficient (Wildman–Crippen LogP) is 1.12. The van der Waals surface area contributed by atoms with Gasteiger partial charge in [-0.3, -0.25) is 4.79 Å². The number of nitrogens with two attached hydrogens (primary N) is 1. The van der Waals surface area contributed by atoms with Crippen LogP contribution in [0.2, 0.25) is 0 Å². The standard InChI is InChI=1S/C16H20N4O/c17-8-13-7-11(9-19-14-2-3-14)1-4-15(13)20-6-5-12(10-20)16(18)21/h1,4,7,12,14,19H,2-3,5-6,9-10H2,(H2,18,21). The minimum atomic E-state index is -0.249. The topological polar surface area (TPSA) is 82.2 Å². The van der Waals surface area contributed by atoms with Crippen LogP contribution in [0.15, 0.2) is 18.2 Å². The van der Waals surface area contributed by atoms with Crippen LogP contribution in [0.3, 0.4) is 0 Å². The van der Waals surface area contributed by atoms with Gasteiger partial charge in [-0.2, -0.15) is 5.26 Å². The van der Waals surface area contributed by atoms with Gasteiger partial charge in [0.1, 0.15) is 6.07 Å². The van der Waals surface area contributed by atoms with E-state index in [9.17, 15) is 10.1 Å². The van der Waals surface area contributed by atoms with Crippen LogP contribution in [0, 0.1) is 17.2 Å². The van der Waals surface area contributed by atoms with Crippen LogP contribution in [0.4, 0.5) is 5.69 Å². The molecule has 1 heterocycles. The Morgan fingerprint density at radius 2 is 2.24 bits per heavy atom. The summed E-state index contributed by atoms with van der Waals surface area (Å²) in [4.78, 5) is 13.4. The molecule has 3 rings (SSSR count). The lowest BCUT2D eigenvalue weighted by atomic mass is 10.1. The van der Waals surface area contributed by atoms with Crippen molar-refractivity contribution in [3.63, 3.8) is 0 Å². The first kappa shape index (κ1) is 13.9. The number of hydrogen-bond donors (Lipinski definition) is 2. The molecule has 1 aromatic rings. The summed E-state index contributed by atoms with van der Waals surface area (Å²) in [5.74, 6) is -0.353. The molecule has 2 fully saturated rings. The van der Waals surface area contributed by atoms with E-state index in [1.165, 1.54) is 12.8 Å². The fourth-order valence-electron chi connectivity index (χ4n) is 2.82. The summed E-state index contributed by atoms with van der Waals surface area (Å²) in [6, 6.07) is 8.93. The molecule has 1 atom stereocenters. The fourth-order valence-corrected chi connectivity index (χ4v) is 2.82. The highest BCUT2D eigenvalue weighted by atomic mass is 16.1. The van der Waals surface area contributed by atoms with Crippen molar-refractivity contribution in [2.75, 3.05) is 18.0 Å². The molecular weight excluding hydrogens is 264 g/mol. The zero-order chi connectivity index (χ0) is 14.8. The van der Waals surface area contributed by atoms with Crippen LogP contribution in [0.25, 0.3) is 0 Å². The summed E-state index contributed by atoms with van der Waals surface area (Å²) < 4.78 is 0. The fraction of sp³-hybridized carbons (Fsp3) is 0.500. The van der Waals surface area contributed by atoms with E-state index in [4.69, 9.17) is 5.73 Å². The van der Waals surface area contributed by atoms with E-state index in [0.29, 0.717) is 18.2 Å². The predicted molar refractivity (Wildman–Crippen MR) is 80.5 cm³/mol. The molecule has 21 heavy (non-hydrogen) atoms. The van der Waals surface area contributed by atoms with Gasteiger partial charge in [0.05, 0.1) is 17.2 Å². The second-order valence-electron chi connectivity index (χ2n) is 5.95. The molecule has 5 heteroatoms. The SMILES string of the molecule is N#Cc1cc(CNC2CC2)ccc1N1CCC(C(N)=O)C1. The van der Waals surface area contributed by atoms with Gasteiger partial charge in [-0.05, 0) is 37.0 Å². The van der Waals surface area contributed by atoms with Crippen LogP contribution in [0.1, 0.15) is 30.4 Å². The number of carbonyl (C=O) groups excluding carboxylic acids is 1. The molecule has 0 aromatic heterocycles. The van der Waals surface area contributed by atoms with Gasteiger partial charge in [-0.25, -0.2) is 0 Å². The molecular formula is C16H20N4O. The lowest BCUT2D eigenvalue weighted by molar-refractivity contribution is -0.121. The number of amides is 1. The van der Waals surface area contributed by atoms with E-state index >= 15 is 0 Å². The van der Waals surface area contributed by atoms with E-state index in [-0.39, 0.29) is 11.8 Å². The van der Waals surface area contributed by atoms with Crippen LogP contribution >= 0.6 is 0 Å². The molecule has 0 spiro atoms. The average Bonchev–Trinajstić information content (AvgIpc) is 3.19. The highest BCUT2D eigenvalue weighted by molar-refractivity contribution is 5.78. The molecule has 2 aliphatic rings. The molecule has 1 saturated carbocycles. The van der Waals surface area contributed by atoms with Crippen LogP contribution in [-0.4, -0.2) is 25.0 Å². The van der Waals surface area contributed by atoms with E-state index < -0.39 is 0 Å². The Morgan fingerprint density at radius 3 is 2.86 bits per heavy atom. The average molecular weight is 284 g/mol. The molecule has 1 aliphatic carbocycles. The van der Waals surface area contributed by atoms with Crippen molar-refractivity contribution in [1.82, 2.24) is 5.32 Å². The largest absolute Gasteiger partial charge is 0.370 e. The first-order valence-electron chi connectivity index (χ1n) is 7.48. The maximum Gasteiger partial charge on any atom is 0.222 e. The zero-order valence-electron chi connectivity index (χ0n) is 12.0. The van der Waals surface area contributed by atoms with E-state index in [1.807, 2.05) is 12.1 Å². The Morgan fingerprint density at radius 1 is 1.43 bits per heavy atom. The van der Waals surface area contributed by atoms with Crippen LogP contribution < -0.4 is 16.0 Å². The number of nitrogens with zero attached hydrogens (tertiary/aromatic N) is 2. The molecule has 1 aliphatic heterocycles. The summed E-state index contributed by atoms with van der Waals surface area (Å²) in [6.45, 7) is 2.20. The summed E-state index contributed by atoms with van der Waals surface area (Å²) >= 11 is 0. The van der Waals surface area contributed by atoms with Gasteiger partial charge in [-0.1, -0.05) is 6.07 Å². The number of primary amides is 1. The van der Waals surface area contributed by atoms with E-state index in [2.05, 4.69) is 22.4 Å². The Balaban J connectivity index is 1.72. The van der Waals surface area contributed by atoms with Crippen molar-refractivity contribution in [2.24, 2.45) is 11.7 Å². The molecule has 1 unspecified atom stereocenters. The van der Waals surface area contributed by atoms with Gasteiger partial charge in [0, 0.05) is 25.7 Å². The third-order valence-electron chi connectivity index (χ3n) is 4.28.